The first kappa shape index (κ1) is 15.6. The molecule has 1 amide bonds. The van der Waals surface area contributed by atoms with Gasteiger partial charge in [0.2, 0.25) is 0 Å². The molecule has 2 N–H and O–H groups in total. The van der Waals surface area contributed by atoms with Crippen LogP contribution in [0.3, 0.4) is 0 Å². The maximum absolute atomic E-state index is 12.4. The first-order valence-corrected chi connectivity index (χ1v) is 5.83. The first-order chi connectivity index (χ1) is 8.75. The number of hydrogen-bond donors (Lipinski definition) is 2. The van der Waals surface area contributed by atoms with Crippen molar-refractivity contribution in [3.63, 3.8) is 0 Å². The maximum atomic E-state index is 12.4. The van der Waals surface area contributed by atoms with Crippen molar-refractivity contribution in [1.29, 1.82) is 0 Å². The Bertz CT molecular complexity index is 466. The fourth-order valence-electron chi connectivity index (χ4n) is 1.55. The average molecular weight is 297 g/mol. The number of rotatable bonds is 4. The van der Waals surface area contributed by atoms with Gasteiger partial charge in [-0.05, 0) is 12.5 Å². The van der Waals surface area contributed by atoms with Crippen molar-refractivity contribution in [1.82, 2.24) is 10.3 Å². The van der Waals surface area contributed by atoms with E-state index in [9.17, 15) is 18.0 Å². The number of alkyl halides is 3. The second-order valence-corrected chi connectivity index (χ2v) is 4.29. The van der Waals surface area contributed by atoms with Crippen LogP contribution in [0.25, 0.3) is 0 Å². The fourth-order valence-corrected chi connectivity index (χ4v) is 1.87. The van der Waals surface area contributed by atoms with Gasteiger partial charge in [0.05, 0.1) is 16.3 Å². The predicted octanol–water partition coefficient (Wildman–Crippen LogP) is 3.52. The molecule has 1 atom stereocenters. The second-order valence-electron chi connectivity index (χ2n) is 3.88. The standard InChI is InChI=1S/C11H12ClF3N2O2/c1-2-6(4-17-10(18)19)9-8(12)3-7(5-16-9)11(13,14)15/h3,5-6,17H,2,4H2,1H3,(H,18,19). The molecule has 8 heteroatoms. The highest BCUT2D eigenvalue weighted by Crippen LogP contribution is 2.33. The highest BCUT2D eigenvalue weighted by molar-refractivity contribution is 6.31. The molecule has 0 aliphatic heterocycles. The summed E-state index contributed by atoms with van der Waals surface area (Å²) in [6, 6.07) is 0.799. The van der Waals surface area contributed by atoms with Gasteiger partial charge in [0.1, 0.15) is 0 Å². The molecular weight excluding hydrogens is 285 g/mol. The van der Waals surface area contributed by atoms with Gasteiger partial charge in [-0.25, -0.2) is 4.79 Å². The third kappa shape index (κ3) is 4.27. The molecule has 0 bridgehead atoms. The van der Waals surface area contributed by atoms with Gasteiger partial charge in [-0.15, -0.1) is 0 Å². The summed E-state index contributed by atoms with van der Waals surface area (Å²) in [5.74, 6) is -0.370. The minimum Gasteiger partial charge on any atom is -0.465 e. The van der Waals surface area contributed by atoms with Gasteiger partial charge in [0, 0.05) is 18.7 Å². The van der Waals surface area contributed by atoms with E-state index in [0.717, 1.165) is 6.07 Å². The molecule has 0 saturated heterocycles. The van der Waals surface area contributed by atoms with E-state index in [-0.39, 0.29) is 23.2 Å². The number of carboxylic acid groups (broad SMARTS) is 1. The maximum Gasteiger partial charge on any atom is 0.417 e. The van der Waals surface area contributed by atoms with Gasteiger partial charge in [-0.3, -0.25) is 4.98 Å². The van der Waals surface area contributed by atoms with E-state index in [1.165, 1.54) is 0 Å². The van der Waals surface area contributed by atoms with E-state index < -0.39 is 17.8 Å². The lowest BCUT2D eigenvalue weighted by molar-refractivity contribution is -0.137. The number of hydrogen-bond acceptors (Lipinski definition) is 2. The van der Waals surface area contributed by atoms with Crippen LogP contribution in [0.2, 0.25) is 5.02 Å². The van der Waals surface area contributed by atoms with Gasteiger partial charge in [-0.2, -0.15) is 13.2 Å². The summed E-state index contributed by atoms with van der Waals surface area (Å²) in [7, 11) is 0. The molecule has 1 rings (SSSR count). The first-order valence-electron chi connectivity index (χ1n) is 5.45. The van der Waals surface area contributed by atoms with E-state index in [1.54, 1.807) is 6.92 Å². The minimum absolute atomic E-state index is 0.0456. The Balaban J connectivity index is 2.96. The van der Waals surface area contributed by atoms with Crippen LogP contribution >= 0.6 is 11.6 Å². The number of halogens is 4. The SMILES string of the molecule is CCC(CNC(=O)O)c1ncc(C(F)(F)F)cc1Cl. The molecule has 106 valence electrons. The summed E-state index contributed by atoms with van der Waals surface area (Å²) in [6.07, 6.45) is -4.51. The third-order valence-corrected chi connectivity index (χ3v) is 2.88. The molecule has 1 aromatic heterocycles. The molecule has 0 fully saturated rings. The number of aromatic nitrogens is 1. The molecule has 0 aliphatic rings. The van der Waals surface area contributed by atoms with Crippen LogP contribution in [0.15, 0.2) is 12.3 Å². The Morgan fingerprint density at radius 1 is 1.58 bits per heavy atom. The third-order valence-electron chi connectivity index (χ3n) is 2.58. The molecule has 4 nitrogen and oxygen atoms in total. The quantitative estimate of drug-likeness (QED) is 0.893. The zero-order chi connectivity index (χ0) is 14.6. The van der Waals surface area contributed by atoms with Gasteiger partial charge >= 0.3 is 12.3 Å². The lowest BCUT2D eigenvalue weighted by Gasteiger charge is -2.16. The molecule has 0 radical (unpaired) electrons. The molecule has 0 aliphatic carbocycles. The largest absolute Gasteiger partial charge is 0.465 e. The van der Waals surface area contributed by atoms with Crippen LogP contribution in [-0.4, -0.2) is 22.7 Å². The van der Waals surface area contributed by atoms with Crippen molar-refractivity contribution in [2.75, 3.05) is 6.54 Å². The molecule has 1 aromatic rings. The van der Waals surface area contributed by atoms with Crippen LogP contribution in [-0.2, 0) is 6.18 Å². The number of nitrogens with zero attached hydrogens (tertiary/aromatic N) is 1. The van der Waals surface area contributed by atoms with Crippen molar-refractivity contribution in [3.8, 4) is 0 Å². The van der Waals surface area contributed by atoms with Crippen LogP contribution < -0.4 is 5.32 Å². The highest BCUT2D eigenvalue weighted by atomic mass is 35.5. The molecule has 1 unspecified atom stereocenters. The van der Waals surface area contributed by atoms with Crippen molar-refractivity contribution < 1.29 is 23.1 Å². The monoisotopic (exact) mass is 296 g/mol. The lowest BCUT2D eigenvalue weighted by Crippen LogP contribution is -2.27. The normalized spacial score (nSPS) is 13.1. The van der Waals surface area contributed by atoms with E-state index in [1.807, 2.05) is 0 Å². The Labute approximate surface area is 112 Å². The Hall–Kier alpha value is -1.50. The van der Waals surface area contributed by atoms with Gasteiger partial charge in [-0.1, -0.05) is 18.5 Å². The van der Waals surface area contributed by atoms with Crippen LogP contribution in [0.5, 0.6) is 0 Å². The topological polar surface area (TPSA) is 62.2 Å². The summed E-state index contributed by atoms with van der Waals surface area (Å²) in [5, 5.41) is 10.6. The summed E-state index contributed by atoms with van der Waals surface area (Å²) < 4.78 is 37.3. The fraction of sp³-hybridized carbons (Fsp3) is 0.455. The molecule has 0 saturated carbocycles. The summed E-state index contributed by atoms with van der Waals surface area (Å²) in [5.41, 5.74) is -0.673. The highest BCUT2D eigenvalue weighted by Gasteiger charge is 2.32. The van der Waals surface area contributed by atoms with Crippen LogP contribution in [0.4, 0.5) is 18.0 Å². The van der Waals surface area contributed by atoms with Crippen LogP contribution in [0, 0.1) is 0 Å². The minimum atomic E-state index is -4.50. The van der Waals surface area contributed by atoms with E-state index in [2.05, 4.69) is 10.3 Å². The average Bonchev–Trinajstić information content (AvgIpc) is 2.29. The van der Waals surface area contributed by atoms with Crippen molar-refractivity contribution in [3.05, 3.63) is 28.5 Å². The van der Waals surface area contributed by atoms with E-state index in [0.29, 0.717) is 12.6 Å². The van der Waals surface area contributed by atoms with Crippen LogP contribution in [0.1, 0.15) is 30.5 Å². The lowest BCUT2D eigenvalue weighted by atomic mass is 10.0. The van der Waals surface area contributed by atoms with E-state index >= 15 is 0 Å². The summed E-state index contributed by atoms with van der Waals surface area (Å²) in [6.45, 7) is 1.81. The van der Waals surface area contributed by atoms with Crippen molar-refractivity contribution in [2.45, 2.75) is 25.4 Å². The predicted molar refractivity (Wildman–Crippen MR) is 63.3 cm³/mol. The van der Waals surface area contributed by atoms with Gasteiger partial charge in [0.15, 0.2) is 0 Å². The molecule has 0 aromatic carbocycles. The Kier molecular flexibility index (Phi) is 4.99. The number of pyridine rings is 1. The molecule has 19 heavy (non-hydrogen) atoms. The Morgan fingerprint density at radius 2 is 2.21 bits per heavy atom. The summed E-state index contributed by atoms with van der Waals surface area (Å²) >= 11 is 5.79. The zero-order valence-electron chi connectivity index (χ0n) is 9.96. The smallest absolute Gasteiger partial charge is 0.417 e. The zero-order valence-corrected chi connectivity index (χ0v) is 10.7. The van der Waals surface area contributed by atoms with Crippen molar-refractivity contribution in [2.24, 2.45) is 0 Å². The molecule has 0 spiro atoms. The number of nitrogens with one attached hydrogen (secondary N) is 1. The summed E-state index contributed by atoms with van der Waals surface area (Å²) in [4.78, 5) is 14.1. The van der Waals surface area contributed by atoms with Gasteiger partial charge < -0.3 is 10.4 Å². The molecular formula is C11H12ClF3N2O2. The van der Waals surface area contributed by atoms with E-state index in [4.69, 9.17) is 16.7 Å². The van der Waals surface area contributed by atoms with Gasteiger partial charge in [0.25, 0.3) is 0 Å². The second kappa shape index (κ2) is 6.10. The Morgan fingerprint density at radius 3 is 2.63 bits per heavy atom. The van der Waals surface area contributed by atoms with Crippen molar-refractivity contribution >= 4 is 17.7 Å². The number of amides is 1. The number of carbonyl (C=O) groups is 1. The molecule has 1 heterocycles.